The average Bonchev–Trinajstić information content (AvgIpc) is 2.78. The van der Waals surface area contributed by atoms with Gasteiger partial charge in [-0.1, -0.05) is 18.2 Å². The van der Waals surface area contributed by atoms with Crippen molar-refractivity contribution in [2.24, 2.45) is 0 Å². The number of ether oxygens (including phenoxy) is 1. The number of anilines is 2. The molecule has 166 valence electrons. The number of rotatable bonds is 8. The highest BCUT2D eigenvalue weighted by Crippen LogP contribution is 2.31. The first-order valence-corrected chi connectivity index (χ1v) is 11.0. The average molecular weight is 455 g/mol. The van der Waals surface area contributed by atoms with Crippen LogP contribution in [0.4, 0.5) is 17.1 Å². The molecule has 0 bridgehead atoms. The van der Waals surface area contributed by atoms with Crippen LogP contribution < -0.4 is 15.0 Å². The second-order valence-corrected chi connectivity index (χ2v) is 8.90. The predicted octanol–water partition coefficient (Wildman–Crippen LogP) is 3.51. The lowest BCUT2D eigenvalue weighted by Crippen LogP contribution is -2.22. The molecule has 1 N–H and O–H groups in total. The van der Waals surface area contributed by atoms with Crippen molar-refractivity contribution in [3.05, 3.63) is 82.9 Å². The Morgan fingerprint density at radius 2 is 1.69 bits per heavy atom. The molecule has 0 spiro atoms. The summed E-state index contributed by atoms with van der Waals surface area (Å²) in [5.74, 6) is -0.309. The van der Waals surface area contributed by atoms with Crippen LogP contribution in [0.15, 0.2) is 82.6 Å². The molecule has 1 amide bonds. The van der Waals surface area contributed by atoms with Crippen molar-refractivity contribution in [2.45, 2.75) is 9.79 Å². The number of nitro benzene ring substituents is 1. The minimum absolute atomic E-state index is 0.0430. The smallest absolute Gasteiger partial charge is 0.269 e. The third kappa shape index (κ3) is 5.22. The second-order valence-electron chi connectivity index (χ2n) is 6.98. The van der Waals surface area contributed by atoms with Crippen LogP contribution in [0.3, 0.4) is 0 Å². The standard InChI is InChI=1S/C22H21N3O6S/c1-24(2)17-10-13-20(21(14-17)32(29,30)19-6-4-3-5-7-19)23-22(26)15-31-18-11-8-16(9-12-18)25(27)28/h3-14H,15H2,1-2H3,(H,23,26). The number of nitrogens with zero attached hydrogens (tertiary/aromatic N) is 2. The number of amides is 1. The number of carbonyl (C=O) groups is 1. The summed E-state index contributed by atoms with van der Waals surface area (Å²) in [6.07, 6.45) is 0. The van der Waals surface area contributed by atoms with Crippen molar-refractivity contribution in [3.8, 4) is 5.75 Å². The molecule has 0 fully saturated rings. The van der Waals surface area contributed by atoms with Crippen LogP contribution in [0.5, 0.6) is 5.75 Å². The molecule has 0 unspecified atom stereocenters. The Kier molecular flexibility index (Phi) is 6.74. The Morgan fingerprint density at radius 1 is 1.03 bits per heavy atom. The maximum absolute atomic E-state index is 13.2. The van der Waals surface area contributed by atoms with E-state index in [9.17, 15) is 23.3 Å². The molecule has 0 aliphatic carbocycles. The second kappa shape index (κ2) is 9.48. The predicted molar refractivity (Wildman–Crippen MR) is 120 cm³/mol. The van der Waals surface area contributed by atoms with E-state index in [1.165, 1.54) is 48.5 Å². The minimum Gasteiger partial charge on any atom is -0.484 e. The molecule has 0 aromatic heterocycles. The lowest BCUT2D eigenvalue weighted by molar-refractivity contribution is -0.384. The van der Waals surface area contributed by atoms with Crippen molar-refractivity contribution in [1.82, 2.24) is 0 Å². The van der Waals surface area contributed by atoms with Gasteiger partial charge in [0.2, 0.25) is 9.84 Å². The van der Waals surface area contributed by atoms with Crippen LogP contribution in [-0.2, 0) is 14.6 Å². The zero-order valence-electron chi connectivity index (χ0n) is 17.4. The number of sulfone groups is 1. The van der Waals surface area contributed by atoms with Crippen molar-refractivity contribution in [2.75, 3.05) is 30.9 Å². The molecule has 0 heterocycles. The molecular weight excluding hydrogens is 434 g/mol. The summed E-state index contributed by atoms with van der Waals surface area (Å²) in [6, 6.07) is 17.9. The van der Waals surface area contributed by atoms with Crippen LogP contribution in [-0.4, -0.2) is 40.0 Å². The summed E-state index contributed by atoms with van der Waals surface area (Å²) >= 11 is 0. The van der Waals surface area contributed by atoms with E-state index in [-0.39, 0.29) is 26.9 Å². The maximum Gasteiger partial charge on any atom is 0.269 e. The zero-order valence-corrected chi connectivity index (χ0v) is 18.2. The molecule has 3 rings (SSSR count). The van der Waals surface area contributed by atoms with Gasteiger partial charge in [0.05, 0.1) is 20.4 Å². The summed E-state index contributed by atoms with van der Waals surface area (Å²) in [6.45, 7) is -0.405. The van der Waals surface area contributed by atoms with Gasteiger partial charge in [-0.25, -0.2) is 8.42 Å². The maximum atomic E-state index is 13.2. The molecule has 0 radical (unpaired) electrons. The summed E-state index contributed by atoms with van der Waals surface area (Å²) in [5.41, 5.74) is 0.676. The highest BCUT2D eigenvalue weighted by Gasteiger charge is 2.23. The largest absolute Gasteiger partial charge is 0.484 e. The van der Waals surface area contributed by atoms with Gasteiger partial charge in [0.25, 0.3) is 11.6 Å². The van der Waals surface area contributed by atoms with Gasteiger partial charge in [-0.15, -0.1) is 0 Å². The van der Waals surface area contributed by atoms with Gasteiger partial charge < -0.3 is 15.0 Å². The summed E-state index contributed by atoms with van der Waals surface area (Å²) in [7, 11) is -0.333. The van der Waals surface area contributed by atoms with Crippen molar-refractivity contribution < 1.29 is 22.9 Å². The summed E-state index contributed by atoms with van der Waals surface area (Å²) in [5, 5.41) is 13.3. The van der Waals surface area contributed by atoms with Gasteiger partial charge in [-0.3, -0.25) is 14.9 Å². The molecule has 3 aromatic carbocycles. The quantitative estimate of drug-likeness (QED) is 0.408. The van der Waals surface area contributed by atoms with Crippen molar-refractivity contribution >= 4 is 32.8 Å². The molecular formula is C22H21N3O6S. The highest BCUT2D eigenvalue weighted by molar-refractivity contribution is 7.91. The van der Waals surface area contributed by atoms with Crippen molar-refractivity contribution in [3.63, 3.8) is 0 Å². The number of hydrogen-bond acceptors (Lipinski definition) is 7. The molecule has 9 nitrogen and oxygen atoms in total. The molecule has 0 atom stereocenters. The monoisotopic (exact) mass is 455 g/mol. The van der Waals surface area contributed by atoms with Crippen LogP contribution in [0, 0.1) is 10.1 Å². The normalized spacial score (nSPS) is 10.9. The molecule has 10 heteroatoms. The Labute approximate surface area is 185 Å². The Hall–Kier alpha value is -3.92. The van der Waals surface area contributed by atoms with E-state index < -0.39 is 27.3 Å². The van der Waals surface area contributed by atoms with E-state index in [1.807, 2.05) is 0 Å². The Balaban J connectivity index is 1.82. The summed E-state index contributed by atoms with van der Waals surface area (Å²) in [4.78, 5) is 24.4. The van der Waals surface area contributed by atoms with E-state index in [2.05, 4.69) is 5.32 Å². The van der Waals surface area contributed by atoms with E-state index in [0.717, 1.165) is 0 Å². The van der Waals surface area contributed by atoms with Gasteiger partial charge in [0.15, 0.2) is 6.61 Å². The first-order chi connectivity index (χ1) is 15.2. The van der Waals surface area contributed by atoms with E-state index >= 15 is 0 Å². The van der Waals surface area contributed by atoms with Crippen LogP contribution in [0.25, 0.3) is 0 Å². The Morgan fingerprint density at radius 3 is 2.28 bits per heavy atom. The number of nitro groups is 1. The highest BCUT2D eigenvalue weighted by atomic mass is 32.2. The van der Waals surface area contributed by atoms with E-state index in [0.29, 0.717) is 5.69 Å². The Bertz CT molecular complexity index is 1230. The molecule has 0 aliphatic heterocycles. The number of non-ortho nitro benzene ring substituents is 1. The van der Waals surface area contributed by atoms with Gasteiger partial charge >= 0.3 is 0 Å². The SMILES string of the molecule is CN(C)c1ccc(NC(=O)COc2ccc([N+](=O)[O-])cc2)c(S(=O)(=O)c2ccccc2)c1. The van der Waals surface area contributed by atoms with Gasteiger partial charge in [-0.05, 0) is 42.5 Å². The van der Waals surface area contributed by atoms with Crippen LogP contribution in [0.1, 0.15) is 0 Å². The number of nitrogens with one attached hydrogen (secondary N) is 1. The van der Waals surface area contributed by atoms with Gasteiger partial charge in [0, 0.05) is 31.9 Å². The molecule has 32 heavy (non-hydrogen) atoms. The summed E-state index contributed by atoms with van der Waals surface area (Å²) < 4.78 is 31.8. The molecule has 3 aromatic rings. The van der Waals surface area contributed by atoms with Gasteiger partial charge in [0.1, 0.15) is 5.75 Å². The number of hydrogen-bond donors (Lipinski definition) is 1. The first kappa shape index (κ1) is 22.8. The molecule has 0 aliphatic rings. The minimum atomic E-state index is -3.90. The lowest BCUT2D eigenvalue weighted by Gasteiger charge is -2.17. The molecule has 0 saturated carbocycles. The zero-order chi connectivity index (χ0) is 23.3. The van der Waals surface area contributed by atoms with Gasteiger partial charge in [-0.2, -0.15) is 0 Å². The number of benzene rings is 3. The third-order valence-corrected chi connectivity index (χ3v) is 6.33. The topological polar surface area (TPSA) is 119 Å². The lowest BCUT2D eigenvalue weighted by atomic mass is 10.2. The number of carbonyl (C=O) groups excluding carboxylic acids is 1. The fourth-order valence-electron chi connectivity index (χ4n) is 2.84. The van der Waals surface area contributed by atoms with Crippen molar-refractivity contribution in [1.29, 1.82) is 0 Å². The fourth-order valence-corrected chi connectivity index (χ4v) is 4.29. The van der Waals surface area contributed by atoms with Crippen LogP contribution >= 0.6 is 0 Å². The molecule has 0 saturated heterocycles. The fraction of sp³-hybridized carbons (Fsp3) is 0.136. The third-order valence-electron chi connectivity index (χ3n) is 4.52. The van der Waals surface area contributed by atoms with E-state index in [1.54, 1.807) is 43.3 Å². The van der Waals surface area contributed by atoms with E-state index in [4.69, 9.17) is 4.74 Å². The van der Waals surface area contributed by atoms with Crippen LogP contribution in [0.2, 0.25) is 0 Å². The first-order valence-electron chi connectivity index (χ1n) is 9.47.